The van der Waals surface area contributed by atoms with Crippen LogP contribution >= 0.6 is 12.4 Å². The van der Waals surface area contributed by atoms with Crippen LogP contribution in [0, 0.1) is 12.7 Å². The van der Waals surface area contributed by atoms with Crippen LogP contribution in [0.25, 0.3) is 0 Å². The first-order chi connectivity index (χ1) is 8.72. The van der Waals surface area contributed by atoms with Crippen LogP contribution in [-0.2, 0) is 0 Å². The summed E-state index contributed by atoms with van der Waals surface area (Å²) in [5.41, 5.74) is 1.91. The molecule has 106 valence electrons. The number of halogens is 2. The predicted molar refractivity (Wildman–Crippen MR) is 80.4 cm³/mol. The Kier molecular flexibility index (Phi) is 6.49. The van der Waals surface area contributed by atoms with E-state index in [4.69, 9.17) is 0 Å². The maximum atomic E-state index is 13.3. The van der Waals surface area contributed by atoms with Gasteiger partial charge in [0.05, 0.1) is 0 Å². The number of hydrogen-bond donors (Lipinski definition) is 1. The van der Waals surface area contributed by atoms with Crippen molar-refractivity contribution in [1.29, 1.82) is 0 Å². The topological polar surface area (TPSA) is 15.3 Å². The van der Waals surface area contributed by atoms with Crippen molar-refractivity contribution in [2.24, 2.45) is 0 Å². The molecule has 0 unspecified atom stereocenters. The summed E-state index contributed by atoms with van der Waals surface area (Å²) >= 11 is 0. The molecule has 1 atom stereocenters. The van der Waals surface area contributed by atoms with Crippen LogP contribution in [0.2, 0.25) is 0 Å². The molecule has 1 N–H and O–H groups in total. The lowest BCUT2D eigenvalue weighted by molar-refractivity contribution is 0.174. The third-order valence-electron chi connectivity index (χ3n) is 3.55. The van der Waals surface area contributed by atoms with Crippen molar-refractivity contribution in [3.8, 4) is 0 Å². The van der Waals surface area contributed by atoms with Gasteiger partial charge in [-0.2, -0.15) is 0 Å². The first-order valence-corrected chi connectivity index (χ1v) is 6.54. The van der Waals surface area contributed by atoms with Crippen molar-refractivity contribution in [3.05, 3.63) is 47.8 Å². The van der Waals surface area contributed by atoms with Crippen LogP contribution in [0.15, 0.2) is 30.9 Å². The quantitative estimate of drug-likeness (QED) is 0.855. The molecule has 0 spiro atoms. The Morgan fingerprint density at radius 1 is 1.42 bits per heavy atom. The molecule has 2 rings (SSSR count). The standard InChI is InChI=1S/C15H21FN2.ClH/c1-3-4-15(18-9-7-17-8-10-18)13-5-6-14(16)12(2)11-13;/h3,5-6,11,15,17H,1,4,7-10H2,2H3;1H/t15-;/m1./s1. The first kappa shape index (κ1) is 16.2. The molecular weight excluding hydrogens is 263 g/mol. The highest BCUT2D eigenvalue weighted by Crippen LogP contribution is 2.26. The number of hydrogen-bond acceptors (Lipinski definition) is 2. The molecule has 4 heteroatoms. The number of rotatable bonds is 4. The number of benzene rings is 1. The summed E-state index contributed by atoms with van der Waals surface area (Å²) in [5.74, 6) is -0.128. The van der Waals surface area contributed by atoms with Crippen molar-refractivity contribution in [1.82, 2.24) is 10.2 Å². The van der Waals surface area contributed by atoms with Gasteiger partial charge in [0.15, 0.2) is 0 Å². The first-order valence-electron chi connectivity index (χ1n) is 6.54. The molecule has 0 saturated carbocycles. The summed E-state index contributed by atoms with van der Waals surface area (Å²) in [6.45, 7) is 9.78. The van der Waals surface area contributed by atoms with E-state index in [-0.39, 0.29) is 18.2 Å². The van der Waals surface area contributed by atoms with Crippen molar-refractivity contribution >= 4 is 12.4 Å². The summed E-state index contributed by atoms with van der Waals surface area (Å²) in [6, 6.07) is 5.76. The van der Waals surface area contributed by atoms with Crippen LogP contribution in [0.3, 0.4) is 0 Å². The van der Waals surface area contributed by atoms with Crippen LogP contribution in [0.5, 0.6) is 0 Å². The lowest BCUT2D eigenvalue weighted by Crippen LogP contribution is -2.45. The zero-order chi connectivity index (χ0) is 13.0. The molecule has 1 heterocycles. The second-order valence-electron chi connectivity index (χ2n) is 4.83. The van der Waals surface area contributed by atoms with E-state index in [1.807, 2.05) is 25.1 Å². The molecule has 19 heavy (non-hydrogen) atoms. The molecule has 1 aromatic carbocycles. The monoisotopic (exact) mass is 284 g/mol. The van der Waals surface area contributed by atoms with Crippen molar-refractivity contribution in [3.63, 3.8) is 0 Å². The summed E-state index contributed by atoms with van der Waals surface area (Å²) in [5, 5.41) is 3.36. The van der Waals surface area contributed by atoms with Gasteiger partial charge in [-0.15, -0.1) is 19.0 Å². The Hall–Kier alpha value is -0.900. The zero-order valence-electron chi connectivity index (χ0n) is 11.4. The predicted octanol–water partition coefficient (Wildman–Crippen LogP) is 3.08. The van der Waals surface area contributed by atoms with Gasteiger partial charge in [0.2, 0.25) is 0 Å². The highest BCUT2D eigenvalue weighted by Gasteiger charge is 2.21. The van der Waals surface area contributed by atoms with Crippen LogP contribution in [0.1, 0.15) is 23.6 Å². The highest BCUT2D eigenvalue weighted by molar-refractivity contribution is 5.85. The van der Waals surface area contributed by atoms with Gasteiger partial charge in [-0.1, -0.05) is 18.2 Å². The van der Waals surface area contributed by atoms with Crippen molar-refractivity contribution < 1.29 is 4.39 Å². The van der Waals surface area contributed by atoms with E-state index in [1.54, 1.807) is 6.07 Å². The van der Waals surface area contributed by atoms with E-state index in [1.165, 1.54) is 5.56 Å². The minimum absolute atomic E-state index is 0. The Morgan fingerprint density at radius 3 is 2.68 bits per heavy atom. The number of aryl methyl sites for hydroxylation is 1. The van der Waals surface area contributed by atoms with Gasteiger partial charge in [0, 0.05) is 32.2 Å². The summed E-state index contributed by atoms with van der Waals surface area (Å²) < 4.78 is 13.3. The molecule has 1 aliphatic rings. The molecule has 0 amide bonds. The lowest BCUT2D eigenvalue weighted by atomic mass is 9.99. The molecule has 1 saturated heterocycles. The molecule has 0 aromatic heterocycles. The third-order valence-corrected chi connectivity index (χ3v) is 3.55. The Balaban J connectivity index is 0.00000180. The zero-order valence-corrected chi connectivity index (χ0v) is 12.2. The Bertz CT molecular complexity index is 417. The molecule has 0 aliphatic carbocycles. The Labute approximate surface area is 121 Å². The van der Waals surface area contributed by atoms with E-state index in [0.29, 0.717) is 6.04 Å². The number of nitrogens with zero attached hydrogens (tertiary/aromatic N) is 1. The summed E-state index contributed by atoms with van der Waals surface area (Å²) in [7, 11) is 0. The van der Waals surface area contributed by atoms with Crippen LogP contribution < -0.4 is 5.32 Å². The lowest BCUT2D eigenvalue weighted by Gasteiger charge is -2.35. The van der Waals surface area contributed by atoms with E-state index in [9.17, 15) is 4.39 Å². The van der Waals surface area contributed by atoms with Gasteiger partial charge in [-0.05, 0) is 30.5 Å². The number of nitrogens with one attached hydrogen (secondary N) is 1. The minimum Gasteiger partial charge on any atom is -0.314 e. The molecule has 0 bridgehead atoms. The van der Waals surface area contributed by atoms with E-state index in [0.717, 1.165) is 38.2 Å². The molecule has 2 nitrogen and oxygen atoms in total. The fourth-order valence-corrected chi connectivity index (χ4v) is 2.52. The smallest absolute Gasteiger partial charge is 0.126 e. The Morgan fingerprint density at radius 2 is 2.11 bits per heavy atom. The molecule has 1 aromatic rings. The normalized spacial score (nSPS) is 17.6. The van der Waals surface area contributed by atoms with Gasteiger partial charge in [0.25, 0.3) is 0 Å². The third kappa shape index (κ3) is 4.03. The van der Waals surface area contributed by atoms with Gasteiger partial charge >= 0.3 is 0 Å². The fourth-order valence-electron chi connectivity index (χ4n) is 2.52. The van der Waals surface area contributed by atoms with E-state index < -0.39 is 0 Å². The fraction of sp³-hybridized carbons (Fsp3) is 0.467. The average molecular weight is 285 g/mol. The summed E-state index contributed by atoms with van der Waals surface area (Å²) in [6.07, 6.45) is 2.86. The molecular formula is C15H22ClFN2. The molecule has 1 aliphatic heterocycles. The van der Waals surface area contributed by atoms with Gasteiger partial charge < -0.3 is 5.32 Å². The highest BCUT2D eigenvalue weighted by atomic mass is 35.5. The minimum atomic E-state index is -0.128. The van der Waals surface area contributed by atoms with Crippen LogP contribution in [0.4, 0.5) is 4.39 Å². The second kappa shape index (κ2) is 7.63. The largest absolute Gasteiger partial charge is 0.314 e. The second-order valence-corrected chi connectivity index (χ2v) is 4.83. The summed E-state index contributed by atoms with van der Waals surface area (Å²) in [4.78, 5) is 2.45. The van der Waals surface area contributed by atoms with Crippen molar-refractivity contribution in [2.75, 3.05) is 26.2 Å². The van der Waals surface area contributed by atoms with Gasteiger partial charge in [-0.25, -0.2) is 4.39 Å². The SMILES string of the molecule is C=CC[C@H](c1ccc(F)c(C)c1)N1CCNCC1.Cl. The van der Waals surface area contributed by atoms with Gasteiger partial charge in [-0.3, -0.25) is 4.90 Å². The van der Waals surface area contributed by atoms with Crippen LogP contribution in [-0.4, -0.2) is 31.1 Å². The van der Waals surface area contributed by atoms with Gasteiger partial charge in [0.1, 0.15) is 5.82 Å². The van der Waals surface area contributed by atoms with Crippen molar-refractivity contribution in [2.45, 2.75) is 19.4 Å². The molecule has 1 fully saturated rings. The van der Waals surface area contributed by atoms with E-state index >= 15 is 0 Å². The molecule has 0 radical (unpaired) electrons. The maximum Gasteiger partial charge on any atom is 0.126 e. The maximum absolute atomic E-state index is 13.3. The van der Waals surface area contributed by atoms with E-state index in [2.05, 4.69) is 16.8 Å². The average Bonchev–Trinajstić information content (AvgIpc) is 2.40. The number of piperazine rings is 1.